The Kier molecular flexibility index (Phi) is 9.63. The van der Waals surface area contributed by atoms with Crippen LogP contribution in [-0.4, -0.2) is 34.5 Å². The summed E-state index contributed by atoms with van der Waals surface area (Å²) in [6.45, 7) is 0. The quantitative estimate of drug-likeness (QED) is 0.842. The van der Waals surface area contributed by atoms with Gasteiger partial charge >= 0.3 is 24.2 Å². The Balaban J connectivity index is 0.000000844. The van der Waals surface area contributed by atoms with Crippen LogP contribution in [0.15, 0.2) is 48.5 Å². The van der Waals surface area contributed by atoms with Crippen molar-refractivity contribution in [3.8, 4) is 11.5 Å². The molecule has 2 aromatic rings. The van der Waals surface area contributed by atoms with Crippen molar-refractivity contribution in [3.63, 3.8) is 0 Å². The number of para-hydroxylation sites is 1. The highest BCUT2D eigenvalue weighted by molar-refractivity contribution is 6.02. The van der Waals surface area contributed by atoms with Crippen molar-refractivity contribution in [1.82, 2.24) is 0 Å². The minimum atomic E-state index is -1.31. The number of carboxylic acids is 2. The van der Waals surface area contributed by atoms with E-state index in [1.165, 1.54) is 18.2 Å². The lowest BCUT2D eigenvalue weighted by molar-refractivity contribution is -0.193. The van der Waals surface area contributed by atoms with Crippen molar-refractivity contribution in [1.29, 1.82) is 0 Å². The van der Waals surface area contributed by atoms with Gasteiger partial charge in [0.15, 0.2) is 0 Å². The molecule has 0 saturated heterocycles. The molecule has 0 aliphatic carbocycles. The Morgan fingerprint density at radius 2 is 1.20 bits per heavy atom. The molecule has 0 heterocycles. The van der Waals surface area contributed by atoms with Crippen LogP contribution >= 0.6 is 0 Å². The summed E-state index contributed by atoms with van der Waals surface area (Å²) < 4.78 is 5.45. The summed E-state index contributed by atoms with van der Waals surface area (Å²) in [7, 11) is 0. The van der Waals surface area contributed by atoms with Gasteiger partial charge in [-0.05, 0) is 30.3 Å². The summed E-state index contributed by atoms with van der Waals surface area (Å²) >= 11 is 0. The molecule has 2 aromatic carbocycles. The van der Waals surface area contributed by atoms with Crippen molar-refractivity contribution in [3.05, 3.63) is 59.7 Å². The van der Waals surface area contributed by atoms with Crippen LogP contribution in [0.3, 0.4) is 0 Å². The molecule has 128 valence electrons. The molecule has 0 fully saturated rings. The number of hydrogen-bond acceptors (Lipinski definition) is 7. The van der Waals surface area contributed by atoms with E-state index in [0.29, 0.717) is 5.75 Å². The molecule has 0 atom stereocenters. The first-order valence-corrected chi connectivity index (χ1v) is 6.23. The van der Waals surface area contributed by atoms with Crippen LogP contribution < -0.4 is 4.74 Å². The van der Waals surface area contributed by atoms with Gasteiger partial charge in [-0.1, -0.05) is 18.2 Å². The van der Waals surface area contributed by atoms with Gasteiger partial charge < -0.3 is 14.9 Å². The highest BCUT2D eigenvalue weighted by Crippen LogP contribution is 2.24. The van der Waals surface area contributed by atoms with E-state index in [2.05, 4.69) is 0 Å². The summed E-state index contributed by atoms with van der Waals surface area (Å²) in [4.78, 5) is 54.4. The fourth-order valence-corrected chi connectivity index (χ4v) is 1.57. The molecule has 2 rings (SSSR count). The van der Waals surface area contributed by atoms with E-state index in [0.717, 1.165) is 0 Å². The number of carbonyl (C=O) groups is 2. The van der Waals surface area contributed by atoms with Gasteiger partial charge in [-0.15, -0.1) is 0 Å². The molecule has 0 aromatic heterocycles. The highest BCUT2D eigenvalue weighted by atomic mass is 16.5. The molecule has 9 heteroatoms. The van der Waals surface area contributed by atoms with Crippen molar-refractivity contribution in [2.24, 2.45) is 0 Å². The van der Waals surface area contributed by atoms with Gasteiger partial charge in [-0.25, -0.2) is 9.59 Å². The Hall–Kier alpha value is -4.06. The molecular weight excluding hydrogens is 336 g/mol. The molecule has 0 bridgehead atoms. The molecule has 0 aliphatic heterocycles. The number of aromatic carboxylic acids is 2. The number of carboxylic acid groups (broad SMARTS) is 2. The molecule has 2 N–H and O–H groups in total. The monoisotopic (exact) mass is 346 g/mol. The summed E-state index contributed by atoms with van der Waals surface area (Å²) in [5, 5.41) is 17.9. The Labute approximate surface area is 140 Å². The smallest absolute Gasteiger partial charge is 0.373 e. The zero-order valence-electron chi connectivity index (χ0n) is 12.4. The fourth-order valence-electron chi connectivity index (χ4n) is 1.57. The third-order valence-electron chi connectivity index (χ3n) is 2.43. The van der Waals surface area contributed by atoms with E-state index in [9.17, 15) is 9.59 Å². The highest BCUT2D eigenvalue weighted by Gasteiger charge is 2.16. The molecule has 25 heavy (non-hydrogen) atoms. The van der Waals surface area contributed by atoms with Crippen LogP contribution in [0.5, 0.6) is 11.5 Å². The lowest BCUT2D eigenvalue weighted by Gasteiger charge is -2.07. The summed E-state index contributed by atoms with van der Waals surface area (Å²) in [6, 6.07) is 12.6. The van der Waals surface area contributed by atoms with Gasteiger partial charge in [0.2, 0.25) is 0 Å². The normalized spacial score (nSPS) is 8.16. The second-order valence-corrected chi connectivity index (χ2v) is 3.90. The van der Waals surface area contributed by atoms with Crippen LogP contribution in [0.1, 0.15) is 20.7 Å². The number of benzene rings is 2. The van der Waals surface area contributed by atoms with Gasteiger partial charge in [0.1, 0.15) is 11.5 Å². The minimum absolute atomic E-state index is 0.250. The third kappa shape index (κ3) is 7.66. The maximum absolute atomic E-state index is 11.0. The predicted molar refractivity (Wildman–Crippen MR) is 76.9 cm³/mol. The number of rotatable bonds is 4. The van der Waals surface area contributed by atoms with Crippen LogP contribution in [0.2, 0.25) is 0 Å². The van der Waals surface area contributed by atoms with Gasteiger partial charge in [-0.3, -0.25) is 0 Å². The predicted octanol–water partition coefficient (Wildman–Crippen LogP) is 1.71. The van der Waals surface area contributed by atoms with Gasteiger partial charge in [0.25, 0.3) is 0 Å². The zero-order valence-corrected chi connectivity index (χ0v) is 12.4. The summed E-state index contributed by atoms with van der Waals surface area (Å²) in [5.41, 5.74) is -0.575. The Morgan fingerprint density at radius 1 is 0.720 bits per heavy atom. The first kappa shape index (κ1) is 20.9. The van der Waals surface area contributed by atoms with Crippen molar-refractivity contribution in [2.75, 3.05) is 0 Å². The summed E-state index contributed by atoms with van der Waals surface area (Å²) in [6.07, 6.45) is 0.500. The molecule has 0 spiro atoms. The van der Waals surface area contributed by atoms with Crippen molar-refractivity contribution >= 4 is 24.2 Å². The molecule has 9 nitrogen and oxygen atoms in total. The average molecular weight is 346 g/mol. The zero-order chi connectivity index (χ0) is 19.2. The second-order valence-electron chi connectivity index (χ2n) is 3.90. The number of ether oxygens (including phenoxy) is 1. The molecule has 0 radical (unpaired) electrons. The van der Waals surface area contributed by atoms with Crippen LogP contribution in [0, 0.1) is 0 Å². The molecule has 0 unspecified atom stereocenters. The fraction of sp³-hybridized carbons (Fsp3) is 0. The lowest BCUT2D eigenvalue weighted by atomic mass is 10.1. The standard InChI is InChI=1S/C14H10O5.2CO2/c15-13(16)11-7-6-10(8-12(11)14(17)18)19-9-4-2-1-3-5-9;2*2-1-3/h1-8H,(H,15,16)(H,17,18);;. The van der Waals surface area contributed by atoms with E-state index in [4.69, 9.17) is 34.1 Å². The number of hydrogen-bond donors (Lipinski definition) is 2. The van der Waals surface area contributed by atoms with Crippen LogP contribution in [0.4, 0.5) is 0 Å². The first-order chi connectivity index (χ1) is 11.9. The van der Waals surface area contributed by atoms with Crippen LogP contribution in [0.25, 0.3) is 0 Å². The Morgan fingerprint density at radius 3 is 1.64 bits per heavy atom. The van der Waals surface area contributed by atoms with E-state index in [1.807, 2.05) is 6.07 Å². The first-order valence-electron chi connectivity index (χ1n) is 6.23. The van der Waals surface area contributed by atoms with E-state index in [1.54, 1.807) is 24.3 Å². The maximum atomic E-state index is 11.0. The van der Waals surface area contributed by atoms with Crippen molar-refractivity contribution < 1.29 is 43.7 Å². The maximum Gasteiger partial charge on any atom is 0.373 e. The SMILES string of the molecule is O=C(O)c1ccc(Oc2ccccc2)cc1C(=O)O.O=C=O.O=C=O. The van der Waals surface area contributed by atoms with Gasteiger partial charge in [0, 0.05) is 0 Å². The molecular formula is C16H10O9. The average Bonchev–Trinajstić information content (AvgIpc) is 2.57. The number of carbonyl (C=O) groups excluding carboxylic acids is 4. The van der Waals surface area contributed by atoms with Crippen molar-refractivity contribution in [2.45, 2.75) is 0 Å². The second kappa shape index (κ2) is 11.5. The summed E-state index contributed by atoms with van der Waals surface area (Å²) in [5.74, 6) is -1.78. The van der Waals surface area contributed by atoms with E-state index < -0.39 is 11.9 Å². The van der Waals surface area contributed by atoms with E-state index in [-0.39, 0.29) is 29.2 Å². The van der Waals surface area contributed by atoms with E-state index >= 15 is 0 Å². The minimum Gasteiger partial charge on any atom is -0.478 e. The van der Waals surface area contributed by atoms with Crippen LogP contribution in [-0.2, 0) is 19.2 Å². The lowest BCUT2D eigenvalue weighted by Crippen LogP contribution is -2.07. The largest absolute Gasteiger partial charge is 0.478 e. The molecule has 0 aliphatic rings. The topological polar surface area (TPSA) is 152 Å². The third-order valence-corrected chi connectivity index (χ3v) is 2.43. The Bertz CT molecular complexity index is 773. The molecule has 0 amide bonds. The van der Waals surface area contributed by atoms with Gasteiger partial charge in [0.05, 0.1) is 11.1 Å². The van der Waals surface area contributed by atoms with Gasteiger partial charge in [-0.2, -0.15) is 19.2 Å². The molecule has 0 saturated carbocycles.